The highest BCUT2D eigenvalue weighted by Gasteiger charge is 2.09. The van der Waals surface area contributed by atoms with Crippen LogP contribution >= 0.6 is 0 Å². The number of hydroxylamine groups is 1. The van der Waals surface area contributed by atoms with Crippen molar-refractivity contribution >= 4 is 16.9 Å². The predicted octanol–water partition coefficient (Wildman–Crippen LogP) is 1.60. The Hall–Kier alpha value is -2.73. The number of amides is 1. The van der Waals surface area contributed by atoms with Gasteiger partial charge in [-0.25, -0.2) is 10.5 Å². The maximum atomic E-state index is 11.4. The summed E-state index contributed by atoms with van der Waals surface area (Å²) in [4.78, 5) is 19.8. The Morgan fingerprint density at radius 3 is 3.00 bits per heavy atom. The molecule has 1 aromatic carbocycles. The average Bonchev–Trinajstić information content (AvgIpc) is 2.90. The smallest absolute Gasteiger partial charge is 0.274 e. The summed E-state index contributed by atoms with van der Waals surface area (Å²) in [6.45, 7) is 0.620. The van der Waals surface area contributed by atoms with Gasteiger partial charge in [0.15, 0.2) is 0 Å². The van der Waals surface area contributed by atoms with Crippen LogP contribution in [0.1, 0.15) is 15.9 Å². The molecule has 3 aromatic rings. The zero-order chi connectivity index (χ0) is 13.9. The number of benzene rings is 1. The molecule has 0 aliphatic carbocycles. The lowest BCUT2D eigenvalue weighted by molar-refractivity contribution is 0.0706. The number of nitrogens with one attached hydrogen (secondary N) is 1. The fourth-order valence-corrected chi connectivity index (χ4v) is 2.08. The van der Waals surface area contributed by atoms with E-state index in [1.54, 1.807) is 42.4 Å². The highest BCUT2D eigenvalue weighted by Crippen LogP contribution is 2.16. The zero-order valence-corrected chi connectivity index (χ0v) is 10.5. The fraction of sp³-hybridized carbons (Fsp3) is 0.0714. The molecular weight excluding hydrogens is 256 g/mol. The van der Waals surface area contributed by atoms with E-state index in [-0.39, 0.29) is 0 Å². The van der Waals surface area contributed by atoms with E-state index in [9.17, 15) is 4.79 Å². The van der Waals surface area contributed by atoms with Gasteiger partial charge in [0.1, 0.15) is 0 Å². The Balaban J connectivity index is 2.01. The molecular formula is C14H12N4O2. The lowest BCUT2D eigenvalue weighted by atomic mass is 10.2. The minimum Gasteiger partial charge on any atom is -0.326 e. The van der Waals surface area contributed by atoms with Crippen molar-refractivity contribution in [3.63, 3.8) is 0 Å². The van der Waals surface area contributed by atoms with Crippen molar-refractivity contribution in [2.24, 2.45) is 0 Å². The van der Waals surface area contributed by atoms with Gasteiger partial charge in [0.05, 0.1) is 23.9 Å². The standard InChI is InChI=1S/C14H12N4O2/c19-14(17-20)11-3-4-12-13(6-11)18(9-16-12)8-10-2-1-5-15-7-10/h1-7,9,20H,8H2,(H,17,19). The van der Waals surface area contributed by atoms with E-state index in [0.29, 0.717) is 12.1 Å². The predicted molar refractivity (Wildman–Crippen MR) is 72.3 cm³/mol. The molecule has 3 rings (SSSR count). The molecule has 0 aliphatic heterocycles. The molecule has 0 saturated carbocycles. The van der Waals surface area contributed by atoms with Gasteiger partial charge >= 0.3 is 0 Å². The molecule has 2 heterocycles. The molecule has 6 nitrogen and oxygen atoms in total. The molecule has 0 aliphatic rings. The van der Waals surface area contributed by atoms with Crippen molar-refractivity contribution in [3.05, 3.63) is 60.2 Å². The van der Waals surface area contributed by atoms with Gasteiger partial charge < -0.3 is 4.57 Å². The maximum absolute atomic E-state index is 11.4. The van der Waals surface area contributed by atoms with Gasteiger partial charge in [0.25, 0.3) is 5.91 Å². The number of pyridine rings is 1. The number of rotatable bonds is 3. The Bertz CT molecular complexity index is 752. The normalized spacial score (nSPS) is 10.7. The van der Waals surface area contributed by atoms with Crippen molar-refractivity contribution in [1.82, 2.24) is 20.0 Å². The molecule has 0 unspecified atom stereocenters. The minimum absolute atomic E-state index is 0.382. The van der Waals surface area contributed by atoms with Gasteiger partial charge in [-0.05, 0) is 29.8 Å². The minimum atomic E-state index is -0.541. The van der Waals surface area contributed by atoms with Crippen LogP contribution in [0.2, 0.25) is 0 Å². The van der Waals surface area contributed by atoms with Crippen molar-refractivity contribution in [3.8, 4) is 0 Å². The molecule has 2 N–H and O–H groups in total. The van der Waals surface area contributed by atoms with E-state index < -0.39 is 5.91 Å². The average molecular weight is 268 g/mol. The van der Waals surface area contributed by atoms with Crippen LogP contribution in [0.5, 0.6) is 0 Å². The zero-order valence-electron chi connectivity index (χ0n) is 10.5. The molecule has 6 heteroatoms. The van der Waals surface area contributed by atoms with E-state index in [1.807, 2.05) is 16.7 Å². The van der Waals surface area contributed by atoms with Gasteiger partial charge in [-0.15, -0.1) is 0 Å². The van der Waals surface area contributed by atoms with Gasteiger partial charge in [-0.1, -0.05) is 6.07 Å². The van der Waals surface area contributed by atoms with Crippen LogP contribution in [0.4, 0.5) is 0 Å². The first-order valence-electron chi connectivity index (χ1n) is 6.06. The quantitative estimate of drug-likeness (QED) is 0.558. The molecule has 0 fully saturated rings. The third-order valence-corrected chi connectivity index (χ3v) is 3.06. The summed E-state index contributed by atoms with van der Waals surface area (Å²) in [5, 5.41) is 8.69. The molecule has 0 radical (unpaired) electrons. The molecule has 0 atom stereocenters. The Morgan fingerprint density at radius 2 is 2.25 bits per heavy atom. The highest BCUT2D eigenvalue weighted by atomic mass is 16.5. The van der Waals surface area contributed by atoms with Crippen LogP contribution in [-0.2, 0) is 6.54 Å². The summed E-state index contributed by atoms with van der Waals surface area (Å²) >= 11 is 0. The highest BCUT2D eigenvalue weighted by molar-refractivity contribution is 5.96. The van der Waals surface area contributed by atoms with Crippen molar-refractivity contribution in [1.29, 1.82) is 0 Å². The third-order valence-electron chi connectivity index (χ3n) is 3.06. The molecule has 20 heavy (non-hydrogen) atoms. The molecule has 1 amide bonds. The second-order valence-corrected chi connectivity index (χ2v) is 4.38. The number of aromatic nitrogens is 3. The summed E-state index contributed by atoms with van der Waals surface area (Å²) in [6.07, 6.45) is 5.23. The van der Waals surface area contributed by atoms with Gasteiger partial charge in [-0.3, -0.25) is 15.0 Å². The van der Waals surface area contributed by atoms with E-state index in [2.05, 4.69) is 9.97 Å². The number of hydrogen-bond donors (Lipinski definition) is 2. The van der Waals surface area contributed by atoms with Crippen LogP contribution in [0, 0.1) is 0 Å². The number of carbonyl (C=O) groups excluding carboxylic acids is 1. The van der Waals surface area contributed by atoms with E-state index in [0.717, 1.165) is 16.6 Å². The van der Waals surface area contributed by atoms with Crippen molar-refractivity contribution in [2.45, 2.75) is 6.54 Å². The molecule has 0 bridgehead atoms. The summed E-state index contributed by atoms with van der Waals surface area (Å²) < 4.78 is 1.93. The number of nitrogens with zero attached hydrogens (tertiary/aromatic N) is 3. The molecule has 100 valence electrons. The Labute approximate surface area is 114 Å². The van der Waals surface area contributed by atoms with Crippen molar-refractivity contribution < 1.29 is 10.0 Å². The number of imidazole rings is 1. The van der Waals surface area contributed by atoms with Crippen molar-refractivity contribution in [2.75, 3.05) is 0 Å². The van der Waals surface area contributed by atoms with Crippen LogP contribution < -0.4 is 5.48 Å². The van der Waals surface area contributed by atoms with Gasteiger partial charge in [-0.2, -0.15) is 0 Å². The summed E-state index contributed by atoms with van der Waals surface area (Å²) in [6, 6.07) is 8.92. The van der Waals surface area contributed by atoms with Crippen LogP contribution in [0.3, 0.4) is 0 Å². The molecule has 0 spiro atoms. The lowest BCUT2D eigenvalue weighted by Crippen LogP contribution is -2.18. The van der Waals surface area contributed by atoms with Crippen LogP contribution in [0.25, 0.3) is 11.0 Å². The first-order chi connectivity index (χ1) is 9.78. The fourth-order valence-electron chi connectivity index (χ4n) is 2.08. The number of fused-ring (bicyclic) bond motifs is 1. The van der Waals surface area contributed by atoms with Gasteiger partial charge in [0, 0.05) is 18.0 Å². The third kappa shape index (κ3) is 2.24. The lowest BCUT2D eigenvalue weighted by Gasteiger charge is -2.05. The number of carbonyl (C=O) groups is 1. The second-order valence-electron chi connectivity index (χ2n) is 4.38. The summed E-state index contributed by atoms with van der Waals surface area (Å²) in [5.41, 5.74) is 4.68. The van der Waals surface area contributed by atoms with E-state index in [1.165, 1.54) is 0 Å². The molecule has 0 saturated heterocycles. The monoisotopic (exact) mass is 268 g/mol. The Kier molecular flexibility index (Phi) is 3.14. The maximum Gasteiger partial charge on any atom is 0.274 e. The second kappa shape index (κ2) is 5.10. The largest absolute Gasteiger partial charge is 0.326 e. The first kappa shape index (κ1) is 12.3. The first-order valence-corrected chi connectivity index (χ1v) is 6.06. The van der Waals surface area contributed by atoms with E-state index >= 15 is 0 Å². The SMILES string of the molecule is O=C(NO)c1ccc2ncn(Cc3cccnc3)c2c1. The van der Waals surface area contributed by atoms with Crippen LogP contribution in [-0.4, -0.2) is 25.6 Å². The van der Waals surface area contributed by atoms with E-state index in [4.69, 9.17) is 5.21 Å². The van der Waals surface area contributed by atoms with Gasteiger partial charge in [0.2, 0.25) is 0 Å². The summed E-state index contributed by atoms with van der Waals surface area (Å²) in [7, 11) is 0. The van der Waals surface area contributed by atoms with Crippen LogP contribution in [0.15, 0.2) is 49.1 Å². The molecule has 2 aromatic heterocycles. The number of hydrogen-bond acceptors (Lipinski definition) is 4. The summed E-state index contributed by atoms with van der Waals surface area (Å²) in [5.74, 6) is -0.541. The Morgan fingerprint density at radius 1 is 1.35 bits per heavy atom. The topological polar surface area (TPSA) is 80.0 Å².